The predicted molar refractivity (Wildman–Crippen MR) is 65.3 cm³/mol. The molecule has 0 aromatic heterocycles. The number of methoxy groups -OCH3 is 1. The van der Waals surface area contributed by atoms with E-state index in [4.69, 9.17) is 27.9 Å². The van der Waals surface area contributed by atoms with Crippen molar-refractivity contribution >= 4 is 23.2 Å². The van der Waals surface area contributed by atoms with Crippen molar-refractivity contribution in [3.05, 3.63) is 27.7 Å². The van der Waals surface area contributed by atoms with Gasteiger partial charge < -0.3 is 10.1 Å². The van der Waals surface area contributed by atoms with Gasteiger partial charge in [-0.05, 0) is 37.2 Å². The maximum Gasteiger partial charge on any atom is 0.140 e. The number of likely N-dealkylation sites (N-methyl/N-ethyl adjacent to an activating group) is 1. The summed E-state index contributed by atoms with van der Waals surface area (Å²) in [5, 5.41) is 4.46. The Kier molecular flexibility index (Phi) is 5.23. The van der Waals surface area contributed by atoms with Crippen LogP contribution in [0.25, 0.3) is 0 Å². The Hall–Kier alpha value is -0.440. The Morgan fingerprint density at radius 3 is 2.67 bits per heavy atom. The first-order valence-corrected chi connectivity index (χ1v) is 5.67. The lowest BCUT2D eigenvalue weighted by Crippen LogP contribution is -2.16. The first kappa shape index (κ1) is 12.6. The minimum absolute atomic E-state index is 0.566. The van der Waals surface area contributed by atoms with Crippen molar-refractivity contribution in [2.75, 3.05) is 20.2 Å². The molecular formula is C11H15Cl2NO. The number of hydrogen-bond acceptors (Lipinski definition) is 2. The number of rotatable bonds is 5. The van der Waals surface area contributed by atoms with Crippen molar-refractivity contribution in [2.45, 2.75) is 13.3 Å². The molecule has 2 nitrogen and oxygen atoms in total. The van der Waals surface area contributed by atoms with Gasteiger partial charge in [0.15, 0.2) is 0 Å². The van der Waals surface area contributed by atoms with Crippen molar-refractivity contribution in [3.63, 3.8) is 0 Å². The van der Waals surface area contributed by atoms with Crippen molar-refractivity contribution < 1.29 is 4.74 Å². The van der Waals surface area contributed by atoms with Gasteiger partial charge >= 0.3 is 0 Å². The Balaban J connectivity index is 2.84. The second-order valence-electron chi connectivity index (χ2n) is 3.18. The number of halogens is 2. The van der Waals surface area contributed by atoms with Gasteiger partial charge in [0.25, 0.3) is 0 Å². The van der Waals surface area contributed by atoms with Crippen LogP contribution in [-0.2, 0) is 6.42 Å². The highest BCUT2D eigenvalue weighted by atomic mass is 35.5. The Bertz CT molecular complexity index is 329. The summed E-state index contributed by atoms with van der Waals surface area (Å²) < 4.78 is 5.24. The van der Waals surface area contributed by atoms with Gasteiger partial charge in [-0.25, -0.2) is 0 Å². The lowest BCUT2D eigenvalue weighted by atomic mass is 10.1. The highest BCUT2D eigenvalue weighted by molar-refractivity contribution is 6.35. The van der Waals surface area contributed by atoms with Crippen LogP contribution < -0.4 is 10.1 Å². The molecule has 0 amide bonds. The van der Waals surface area contributed by atoms with E-state index in [9.17, 15) is 0 Å². The van der Waals surface area contributed by atoms with Crippen molar-refractivity contribution in [1.82, 2.24) is 5.32 Å². The molecule has 0 atom stereocenters. The average molecular weight is 248 g/mol. The highest BCUT2D eigenvalue weighted by Gasteiger charge is 2.08. The zero-order valence-corrected chi connectivity index (χ0v) is 10.5. The van der Waals surface area contributed by atoms with Crippen LogP contribution in [0, 0.1) is 0 Å². The maximum atomic E-state index is 6.02. The molecule has 0 aliphatic rings. The maximum absolute atomic E-state index is 6.02. The molecule has 15 heavy (non-hydrogen) atoms. The molecule has 0 aliphatic carbocycles. The van der Waals surface area contributed by atoms with Crippen LogP contribution in [0.15, 0.2) is 12.1 Å². The quantitative estimate of drug-likeness (QED) is 0.808. The minimum atomic E-state index is 0.566. The van der Waals surface area contributed by atoms with Crippen LogP contribution in [0.1, 0.15) is 12.5 Å². The third-order valence-corrected chi connectivity index (χ3v) is 2.61. The summed E-state index contributed by atoms with van der Waals surface area (Å²) in [6.45, 7) is 3.92. The largest absolute Gasteiger partial charge is 0.495 e. The van der Waals surface area contributed by atoms with Gasteiger partial charge in [-0.3, -0.25) is 0 Å². The summed E-state index contributed by atoms with van der Waals surface area (Å²) in [6, 6.07) is 3.59. The van der Waals surface area contributed by atoms with Gasteiger partial charge in [-0.1, -0.05) is 30.1 Å². The van der Waals surface area contributed by atoms with Crippen molar-refractivity contribution in [2.24, 2.45) is 0 Å². The number of hydrogen-bond donors (Lipinski definition) is 1. The van der Waals surface area contributed by atoms with Crippen LogP contribution in [0.2, 0.25) is 10.0 Å². The number of nitrogens with one attached hydrogen (secondary N) is 1. The van der Waals surface area contributed by atoms with Gasteiger partial charge in [0.2, 0.25) is 0 Å². The van der Waals surface area contributed by atoms with Crippen LogP contribution in [0.3, 0.4) is 0 Å². The molecule has 84 valence electrons. The highest BCUT2D eigenvalue weighted by Crippen LogP contribution is 2.32. The van der Waals surface area contributed by atoms with Gasteiger partial charge in [0, 0.05) is 5.02 Å². The van der Waals surface area contributed by atoms with Crippen molar-refractivity contribution in [1.29, 1.82) is 0 Å². The van der Waals surface area contributed by atoms with Gasteiger partial charge in [-0.2, -0.15) is 0 Å². The molecule has 1 aromatic carbocycles. The zero-order valence-electron chi connectivity index (χ0n) is 8.94. The fourth-order valence-electron chi connectivity index (χ4n) is 1.43. The van der Waals surface area contributed by atoms with Crippen LogP contribution in [0.4, 0.5) is 0 Å². The summed E-state index contributed by atoms with van der Waals surface area (Å²) in [6.07, 6.45) is 0.858. The van der Waals surface area contributed by atoms with E-state index in [-0.39, 0.29) is 0 Å². The first-order chi connectivity index (χ1) is 7.19. The van der Waals surface area contributed by atoms with E-state index < -0.39 is 0 Å². The second kappa shape index (κ2) is 6.21. The molecule has 1 aromatic rings. The molecule has 0 radical (unpaired) electrons. The summed E-state index contributed by atoms with van der Waals surface area (Å²) in [5.41, 5.74) is 1.04. The third kappa shape index (κ3) is 3.56. The lowest BCUT2D eigenvalue weighted by Gasteiger charge is -2.11. The molecule has 0 fully saturated rings. The van der Waals surface area contributed by atoms with Crippen LogP contribution in [0.5, 0.6) is 5.75 Å². The molecule has 1 rings (SSSR count). The Morgan fingerprint density at radius 2 is 2.07 bits per heavy atom. The Morgan fingerprint density at radius 1 is 1.33 bits per heavy atom. The molecule has 0 bridgehead atoms. The summed E-state index contributed by atoms with van der Waals surface area (Å²) in [7, 11) is 1.62. The zero-order chi connectivity index (χ0) is 11.3. The molecular weight excluding hydrogens is 233 g/mol. The molecule has 0 spiro atoms. The molecule has 0 saturated heterocycles. The van der Waals surface area contributed by atoms with Gasteiger partial charge in [0.1, 0.15) is 5.75 Å². The minimum Gasteiger partial charge on any atom is -0.495 e. The molecule has 0 unspecified atom stereocenters. The van der Waals surface area contributed by atoms with E-state index in [1.165, 1.54) is 0 Å². The van der Waals surface area contributed by atoms with Crippen molar-refractivity contribution in [3.8, 4) is 5.75 Å². The predicted octanol–water partition coefficient (Wildman–Crippen LogP) is 3.15. The lowest BCUT2D eigenvalue weighted by molar-refractivity contribution is 0.409. The summed E-state index contributed by atoms with van der Waals surface area (Å²) in [5.74, 6) is 0.721. The van der Waals surface area contributed by atoms with E-state index in [1.807, 2.05) is 6.07 Å². The summed E-state index contributed by atoms with van der Waals surface area (Å²) in [4.78, 5) is 0. The van der Waals surface area contributed by atoms with Crippen LogP contribution in [-0.4, -0.2) is 20.2 Å². The molecule has 0 saturated carbocycles. The average Bonchev–Trinajstić information content (AvgIpc) is 2.17. The Labute approximate surface area is 101 Å². The number of ether oxygens (including phenoxy) is 1. The van der Waals surface area contributed by atoms with E-state index in [0.29, 0.717) is 10.0 Å². The van der Waals surface area contributed by atoms with Gasteiger partial charge in [-0.15, -0.1) is 0 Å². The molecule has 4 heteroatoms. The van der Waals surface area contributed by atoms with Crippen LogP contribution >= 0.6 is 23.2 Å². The topological polar surface area (TPSA) is 21.3 Å². The fourth-order valence-corrected chi connectivity index (χ4v) is 2.04. The number of benzene rings is 1. The second-order valence-corrected chi connectivity index (χ2v) is 4.03. The van der Waals surface area contributed by atoms with E-state index in [2.05, 4.69) is 12.2 Å². The molecule has 0 aliphatic heterocycles. The van der Waals surface area contributed by atoms with E-state index >= 15 is 0 Å². The third-order valence-electron chi connectivity index (χ3n) is 2.11. The normalized spacial score (nSPS) is 10.4. The SMILES string of the molecule is CCNCCc1cc(Cl)cc(Cl)c1OC. The van der Waals surface area contributed by atoms with E-state index in [0.717, 1.165) is 30.8 Å². The first-order valence-electron chi connectivity index (χ1n) is 4.91. The monoisotopic (exact) mass is 247 g/mol. The standard InChI is InChI=1S/C11H15Cl2NO/c1-3-14-5-4-8-6-9(12)7-10(13)11(8)15-2/h6-7,14H,3-5H2,1-2H3. The summed E-state index contributed by atoms with van der Waals surface area (Å²) >= 11 is 11.9. The fraction of sp³-hybridized carbons (Fsp3) is 0.455. The molecule has 1 N–H and O–H groups in total. The molecule has 0 heterocycles. The smallest absolute Gasteiger partial charge is 0.140 e. The van der Waals surface area contributed by atoms with Gasteiger partial charge in [0.05, 0.1) is 12.1 Å². The van der Waals surface area contributed by atoms with E-state index in [1.54, 1.807) is 13.2 Å².